The van der Waals surface area contributed by atoms with Gasteiger partial charge in [-0.3, -0.25) is 4.79 Å². The SMILES string of the molecule is CCCCc1ccc(NC(=O)C(C)Oc2cc(C)ccc2C)c(Br)c1. The monoisotopic (exact) mass is 403 g/mol. The molecular formula is C21H26BrNO2. The maximum atomic E-state index is 12.5. The van der Waals surface area contributed by atoms with Crippen LogP contribution in [0.25, 0.3) is 0 Å². The molecule has 2 rings (SSSR count). The van der Waals surface area contributed by atoms with Crippen LogP contribution >= 0.6 is 15.9 Å². The second-order valence-electron chi connectivity index (χ2n) is 6.44. The van der Waals surface area contributed by atoms with E-state index >= 15 is 0 Å². The van der Waals surface area contributed by atoms with E-state index in [2.05, 4.69) is 40.3 Å². The Bertz CT molecular complexity index is 743. The first kappa shape index (κ1) is 19.5. The molecule has 1 amide bonds. The highest BCUT2D eigenvalue weighted by Gasteiger charge is 2.17. The molecular weight excluding hydrogens is 378 g/mol. The molecule has 25 heavy (non-hydrogen) atoms. The second-order valence-corrected chi connectivity index (χ2v) is 7.29. The van der Waals surface area contributed by atoms with Gasteiger partial charge in [0.2, 0.25) is 0 Å². The van der Waals surface area contributed by atoms with Crippen molar-refractivity contribution in [3.05, 3.63) is 57.6 Å². The minimum absolute atomic E-state index is 0.164. The Hall–Kier alpha value is -1.81. The van der Waals surface area contributed by atoms with E-state index in [1.54, 1.807) is 6.92 Å². The molecule has 2 aromatic rings. The van der Waals surface area contributed by atoms with Crippen LogP contribution in [0.3, 0.4) is 0 Å². The van der Waals surface area contributed by atoms with Crippen molar-refractivity contribution in [2.45, 2.75) is 53.1 Å². The summed E-state index contributed by atoms with van der Waals surface area (Å²) in [7, 11) is 0. The van der Waals surface area contributed by atoms with Crippen molar-refractivity contribution in [1.29, 1.82) is 0 Å². The molecule has 0 saturated heterocycles. The predicted molar refractivity (Wildman–Crippen MR) is 107 cm³/mol. The molecule has 4 heteroatoms. The van der Waals surface area contributed by atoms with Crippen LogP contribution in [0.2, 0.25) is 0 Å². The molecule has 0 aliphatic carbocycles. The minimum Gasteiger partial charge on any atom is -0.481 e. The van der Waals surface area contributed by atoms with E-state index in [-0.39, 0.29) is 5.91 Å². The average molecular weight is 404 g/mol. The quantitative estimate of drug-likeness (QED) is 0.632. The lowest BCUT2D eigenvalue weighted by Crippen LogP contribution is -2.30. The van der Waals surface area contributed by atoms with Gasteiger partial charge < -0.3 is 10.1 Å². The number of amides is 1. The molecule has 0 heterocycles. The number of rotatable bonds is 7. The molecule has 0 bridgehead atoms. The number of carbonyl (C=O) groups excluding carboxylic acids is 1. The molecule has 0 radical (unpaired) electrons. The molecule has 3 nitrogen and oxygen atoms in total. The molecule has 0 aliphatic heterocycles. The molecule has 1 N–H and O–H groups in total. The highest BCUT2D eigenvalue weighted by Crippen LogP contribution is 2.25. The van der Waals surface area contributed by atoms with Crippen LogP contribution in [0, 0.1) is 13.8 Å². The minimum atomic E-state index is -0.577. The summed E-state index contributed by atoms with van der Waals surface area (Å²) < 4.78 is 6.75. The van der Waals surface area contributed by atoms with Gasteiger partial charge in [0, 0.05) is 4.47 Å². The lowest BCUT2D eigenvalue weighted by Gasteiger charge is -2.17. The lowest BCUT2D eigenvalue weighted by atomic mass is 10.1. The number of carbonyl (C=O) groups is 1. The molecule has 0 aliphatic rings. The number of hydrogen-bond donors (Lipinski definition) is 1. The van der Waals surface area contributed by atoms with E-state index in [1.807, 2.05) is 38.1 Å². The predicted octanol–water partition coefficient (Wildman–Crippen LogP) is 5.81. The van der Waals surface area contributed by atoms with E-state index in [0.29, 0.717) is 0 Å². The van der Waals surface area contributed by atoms with Gasteiger partial charge in [-0.15, -0.1) is 0 Å². The maximum Gasteiger partial charge on any atom is 0.265 e. The van der Waals surface area contributed by atoms with E-state index in [0.717, 1.165) is 33.5 Å². The third-order valence-electron chi connectivity index (χ3n) is 4.13. The molecule has 0 aromatic heterocycles. The largest absolute Gasteiger partial charge is 0.481 e. The number of aryl methyl sites for hydroxylation is 3. The first-order chi connectivity index (χ1) is 11.9. The fourth-order valence-electron chi connectivity index (χ4n) is 2.51. The topological polar surface area (TPSA) is 38.3 Å². The van der Waals surface area contributed by atoms with Gasteiger partial charge in [-0.2, -0.15) is 0 Å². The van der Waals surface area contributed by atoms with Gasteiger partial charge in [0.1, 0.15) is 5.75 Å². The van der Waals surface area contributed by atoms with E-state index in [1.165, 1.54) is 18.4 Å². The zero-order chi connectivity index (χ0) is 18.4. The van der Waals surface area contributed by atoms with E-state index < -0.39 is 6.10 Å². The van der Waals surface area contributed by atoms with Crippen LogP contribution in [0.1, 0.15) is 43.4 Å². The van der Waals surface area contributed by atoms with Crippen molar-refractivity contribution in [2.24, 2.45) is 0 Å². The van der Waals surface area contributed by atoms with Gasteiger partial charge >= 0.3 is 0 Å². The fraction of sp³-hybridized carbons (Fsp3) is 0.381. The Morgan fingerprint density at radius 3 is 2.64 bits per heavy atom. The summed E-state index contributed by atoms with van der Waals surface area (Å²) in [4.78, 5) is 12.5. The van der Waals surface area contributed by atoms with Crippen LogP contribution in [0.4, 0.5) is 5.69 Å². The van der Waals surface area contributed by atoms with Crippen molar-refractivity contribution in [2.75, 3.05) is 5.32 Å². The first-order valence-corrected chi connectivity index (χ1v) is 9.53. The molecule has 2 aromatic carbocycles. The number of unbranched alkanes of at least 4 members (excludes halogenated alkanes) is 1. The molecule has 0 fully saturated rings. The summed E-state index contributed by atoms with van der Waals surface area (Å²) in [6.45, 7) is 7.93. The fourth-order valence-corrected chi connectivity index (χ4v) is 3.03. The van der Waals surface area contributed by atoms with Gasteiger partial charge in [-0.05, 0) is 84.4 Å². The number of ether oxygens (including phenoxy) is 1. The number of anilines is 1. The Labute approximate surface area is 158 Å². The van der Waals surface area contributed by atoms with Gasteiger partial charge in [0.25, 0.3) is 5.91 Å². The highest BCUT2D eigenvalue weighted by atomic mass is 79.9. The Kier molecular flexibility index (Phi) is 7.06. The summed E-state index contributed by atoms with van der Waals surface area (Å²) in [6.07, 6.45) is 2.81. The van der Waals surface area contributed by atoms with Crippen molar-refractivity contribution in [3.8, 4) is 5.75 Å². The third kappa shape index (κ3) is 5.60. The Morgan fingerprint density at radius 1 is 1.20 bits per heavy atom. The van der Waals surface area contributed by atoms with Crippen LogP contribution < -0.4 is 10.1 Å². The van der Waals surface area contributed by atoms with Crippen molar-refractivity contribution in [1.82, 2.24) is 0 Å². The maximum absolute atomic E-state index is 12.5. The van der Waals surface area contributed by atoms with Gasteiger partial charge in [0.15, 0.2) is 6.10 Å². The summed E-state index contributed by atoms with van der Waals surface area (Å²) in [5, 5.41) is 2.94. The summed E-state index contributed by atoms with van der Waals surface area (Å²) in [6, 6.07) is 12.1. The van der Waals surface area contributed by atoms with Crippen LogP contribution in [-0.4, -0.2) is 12.0 Å². The number of nitrogens with one attached hydrogen (secondary N) is 1. The smallest absolute Gasteiger partial charge is 0.265 e. The Morgan fingerprint density at radius 2 is 1.96 bits per heavy atom. The summed E-state index contributed by atoms with van der Waals surface area (Å²) in [5.41, 5.74) is 4.17. The first-order valence-electron chi connectivity index (χ1n) is 8.74. The number of halogens is 1. The standard InChI is InChI=1S/C21H26BrNO2/c1-5-6-7-17-10-11-19(18(22)13-17)23-21(24)16(4)25-20-12-14(2)8-9-15(20)3/h8-13,16H,5-7H2,1-4H3,(H,23,24). The van der Waals surface area contributed by atoms with E-state index in [9.17, 15) is 4.79 Å². The molecule has 0 spiro atoms. The normalized spacial score (nSPS) is 11.9. The number of benzene rings is 2. The highest BCUT2D eigenvalue weighted by molar-refractivity contribution is 9.10. The molecule has 1 unspecified atom stereocenters. The van der Waals surface area contributed by atoms with Crippen molar-refractivity contribution >= 4 is 27.5 Å². The van der Waals surface area contributed by atoms with Crippen molar-refractivity contribution < 1.29 is 9.53 Å². The van der Waals surface area contributed by atoms with Crippen LogP contribution in [0.5, 0.6) is 5.75 Å². The summed E-state index contributed by atoms with van der Waals surface area (Å²) >= 11 is 3.55. The zero-order valence-corrected chi connectivity index (χ0v) is 16.9. The van der Waals surface area contributed by atoms with Gasteiger partial charge in [0.05, 0.1) is 5.69 Å². The lowest BCUT2D eigenvalue weighted by molar-refractivity contribution is -0.122. The zero-order valence-electron chi connectivity index (χ0n) is 15.4. The van der Waals surface area contributed by atoms with Crippen molar-refractivity contribution in [3.63, 3.8) is 0 Å². The summed E-state index contributed by atoms with van der Waals surface area (Å²) in [5.74, 6) is 0.583. The van der Waals surface area contributed by atoms with E-state index in [4.69, 9.17) is 4.74 Å². The Balaban J connectivity index is 2.02. The average Bonchev–Trinajstić information content (AvgIpc) is 2.58. The van der Waals surface area contributed by atoms with Crippen LogP contribution in [-0.2, 0) is 11.2 Å². The third-order valence-corrected chi connectivity index (χ3v) is 4.78. The second kappa shape index (κ2) is 9.04. The van der Waals surface area contributed by atoms with Crippen LogP contribution in [0.15, 0.2) is 40.9 Å². The van der Waals surface area contributed by atoms with Gasteiger partial charge in [-0.1, -0.05) is 31.5 Å². The molecule has 1 atom stereocenters. The molecule has 134 valence electrons. The van der Waals surface area contributed by atoms with Gasteiger partial charge in [-0.25, -0.2) is 0 Å². The molecule has 0 saturated carbocycles. The number of hydrogen-bond acceptors (Lipinski definition) is 2.